The Bertz CT molecular complexity index is 1090. The Morgan fingerprint density at radius 2 is 1.78 bits per heavy atom. The number of anilines is 1. The van der Waals surface area contributed by atoms with E-state index in [2.05, 4.69) is 17.4 Å². The van der Waals surface area contributed by atoms with E-state index in [4.69, 9.17) is 0 Å². The molecule has 1 saturated heterocycles. The minimum Gasteiger partial charge on any atom is -0.352 e. The number of nitrogens with zero attached hydrogens (tertiary/aromatic N) is 1. The lowest BCUT2D eigenvalue weighted by Gasteiger charge is -2.25. The summed E-state index contributed by atoms with van der Waals surface area (Å²) in [5.41, 5.74) is 2.91. The number of carbonyl (C=O) groups is 2. The Labute approximate surface area is 191 Å². The lowest BCUT2D eigenvalue weighted by molar-refractivity contribution is -0.115. The van der Waals surface area contributed by atoms with Crippen molar-refractivity contribution in [3.05, 3.63) is 101 Å². The Balaban J connectivity index is 1.38. The standard InChI is InChI=1S/C26H25FN2O2S/c27-22-14-4-5-15-23(22)29-24(30)18-32-26(29)21-13-8-12-20(17-21)25(31)28-16-7-6-11-19-9-2-1-3-10-19/h1-5,8-10,12-15,17,26H,6-7,11,16,18H2,(H,28,31). The highest BCUT2D eigenvalue weighted by molar-refractivity contribution is 8.00. The van der Waals surface area contributed by atoms with Gasteiger partial charge < -0.3 is 5.32 Å². The zero-order chi connectivity index (χ0) is 22.3. The molecule has 0 radical (unpaired) electrons. The summed E-state index contributed by atoms with van der Waals surface area (Å²) in [4.78, 5) is 26.6. The first-order valence-electron chi connectivity index (χ1n) is 10.7. The maximum atomic E-state index is 14.4. The molecule has 1 fully saturated rings. The van der Waals surface area contributed by atoms with Gasteiger partial charge in [-0.2, -0.15) is 0 Å². The molecule has 0 saturated carbocycles. The van der Waals surface area contributed by atoms with Gasteiger partial charge in [0, 0.05) is 12.1 Å². The van der Waals surface area contributed by atoms with Crippen molar-refractivity contribution in [3.63, 3.8) is 0 Å². The lowest BCUT2D eigenvalue weighted by Crippen LogP contribution is -2.29. The number of amides is 2. The number of carbonyl (C=O) groups excluding carboxylic acids is 2. The van der Waals surface area contributed by atoms with Crippen LogP contribution in [0, 0.1) is 5.82 Å². The molecule has 0 aromatic heterocycles. The second kappa shape index (κ2) is 10.5. The molecule has 1 heterocycles. The van der Waals surface area contributed by atoms with Gasteiger partial charge in [0.25, 0.3) is 5.91 Å². The summed E-state index contributed by atoms with van der Waals surface area (Å²) < 4.78 is 14.4. The first-order valence-corrected chi connectivity index (χ1v) is 11.8. The predicted octanol–water partition coefficient (Wildman–Crippen LogP) is 5.36. The van der Waals surface area contributed by atoms with Crippen LogP contribution in [0.25, 0.3) is 0 Å². The first kappa shape index (κ1) is 22.1. The van der Waals surface area contributed by atoms with Crippen molar-refractivity contribution in [1.82, 2.24) is 5.32 Å². The zero-order valence-electron chi connectivity index (χ0n) is 17.7. The van der Waals surface area contributed by atoms with Gasteiger partial charge >= 0.3 is 0 Å². The summed E-state index contributed by atoms with van der Waals surface area (Å²) in [7, 11) is 0. The molecule has 3 aromatic carbocycles. The van der Waals surface area contributed by atoms with E-state index >= 15 is 0 Å². The average molecular weight is 449 g/mol. The third-order valence-corrected chi connectivity index (χ3v) is 6.65. The van der Waals surface area contributed by atoms with Crippen molar-refractivity contribution in [2.75, 3.05) is 17.2 Å². The first-order chi connectivity index (χ1) is 15.6. The molecule has 4 rings (SSSR count). The summed E-state index contributed by atoms with van der Waals surface area (Å²) >= 11 is 1.44. The fraction of sp³-hybridized carbons (Fsp3) is 0.231. The molecule has 0 aliphatic carbocycles. The number of halogens is 1. The number of benzene rings is 3. The van der Waals surface area contributed by atoms with Gasteiger partial charge in [0.1, 0.15) is 11.2 Å². The molecule has 32 heavy (non-hydrogen) atoms. The van der Waals surface area contributed by atoms with Crippen LogP contribution in [0.2, 0.25) is 0 Å². The Morgan fingerprint density at radius 1 is 1.00 bits per heavy atom. The van der Waals surface area contributed by atoms with E-state index in [1.165, 1.54) is 28.3 Å². The average Bonchev–Trinajstić information content (AvgIpc) is 3.21. The highest BCUT2D eigenvalue weighted by Crippen LogP contribution is 2.42. The van der Waals surface area contributed by atoms with Crippen molar-refractivity contribution < 1.29 is 14.0 Å². The van der Waals surface area contributed by atoms with Crippen molar-refractivity contribution >= 4 is 29.3 Å². The molecule has 1 unspecified atom stereocenters. The van der Waals surface area contributed by atoms with Gasteiger partial charge in [-0.15, -0.1) is 11.8 Å². The Hall–Kier alpha value is -3.12. The predicted molar refractivity (Wildman–Crippen MR) is 127 cm³/mol. The number of hydrogen-bond donors (Lipinski definition) is 1. The number of rotatable bonds is 8. The van der Waals surface area contributed by atoms with Crippen LogP contribution in [-0.2, 0) is 11.2 Å². The molecule has 1 N–H and O–H groups in total. The van der Waals surface area contributed by atoms with Crippen LogP contribution in [0.15, 0.2) is 78.9 Å². The van der Waals surface area contributed by atoms with Gasteiger partial charge in [0.05, 0.1) is 11.4 Å². The summed E-state index contributed by atoms with van der Waals surface area (Å²) in [6, 6.07) is 23.8. The number of unbranched alkanes of at least 4 members (excludes halogenated alkanes) is 1. The van der Waals surface area contributed by atoms with Gasteiger partial charge in [-0.1, -0.05) is 54.6 Å². The van der Waals surface area contributed by atoms with E-state index in [0.29, 0.717) is 12.1 Å². The molecular formula is C26H25FN2O2S. The molecule has 0 spiro atoms. The fourth-order valence-electron chi connectivity index (χ4n) is 3.81. The van der Waals surface area contributed by atoms with Crippen molar-refractivity contribution in [2.24, 2.45) is 0 Å². The van der Waals surface area contributed by atoms with E-state index in [1.54, 1.807) is 30.3 Å². The number of para-hydroxylation sites is 1. The molecule has 164 valence electrons. The van der Waals surface area contributed by atoms with Crippen LogP contribution in [0.1, 0.15) is 39.7 Å². The third-order valence-electron chi connectivity index (χ3n) is 5.43. The van der Waals surface area contributed by atoms with E-state index in [0.717, 1.165) is 24.8 Å². The molecule has 1 aliphatic heterocycles. The van der Waals surface area contributed by atoms with Crippen LogP contribution < -0.4 is 10.2 Å². The van der Waals surface area contributed by atoms with Crippen LogP contribution in [0.5, 0.6) is 0 Å². The molecule has 2 amide bonds. The van der Waals surface area contributed by atoms with Gasteiger partial charge in [0.15, 0.2) is 0 Å². The largest absolute Gasteiger partial charge is 0.352 e. The zero-order valence-corrected chi connectivity index (χ0v) is 18.5. The molecule has 6 heteroatoms. The molecule has 1 aliphatic rings. The van der Waals surface area contributed by atoms with Crippen molar-refractivity contribution in [3.8, 4) is 0 Å². The number of thioether (sulfide) groups is 1. The van der Waals surface area contributed by atoms with Gasteiger partial charge in [-0.3, -0.25) is 14.5 Å². The molecule has 3 aromatic rings. The minimum atomic E-state index is -0.433. The number of aryl methyl sites for hydroxylation is 1. The Kier molecular flexibility index (Phi) is 7.22. The lowest BCUT2D eigenvalue weighted by atomic mass is 10.1. The van der Waals surface area contributed by atoms with Crippen LogP contribution >= 0.6 is 11.8 Å². The van der Waals surface area contributed by atoms with Crippen LogP contribution in [0.4, 0.5) is 10.1 Å². The number of nitrogens with one attached hydrogen (secondary N) is 1. The summed E-state index contributed by atoms with van der Waals surface area (Å²) in [6.45, 7) is 0.605. The SMILES string of the molecule is O=C(NCCCCc1ccccc1)c1cccc(C2SCC(=O)N2c2ccccc2F)c1. The molecular weight excluding hydrogens is 423 g/mol. The summed E-state index contributed by atoms with van der Waals surface area (Å²) in [5, 5.41) is 2.61. The van der Waals surface area contributed by atoms with E-state index < -0.39 is 5.82 Å². The van der Waals surface area contributed by atoms with Crippen LogP contribution in [-0.4, -0.2) is 24.1 Å². The van der Waals surface area contributed by atoms with Crippen LogP contribution in [0.3, 0.4) is 0 Å². The van der Waals surface area contributed by atoms with E-state index in [9.17, 15) is 14.0 Å². The summed E-state index contributed by atoms with van der Waals surface area (Å²) in [6.07, 6.45) is 2.89. The quantitative estimate of drug-likeness (QED) is 0.472. The highest BCUT2D eigenvalue weighted by Gasteiger charge is 2.35. The second-order valence-electron chi connectivity index (χ2n) is 7.70. The van der Waals surface area contributed by atoms with Gasteiger partial charge in [-0.25, -0.2) is 4.39 Å². The Morgan fingerprint density at radius 3 is 2.59 bits per heavy atom. The maximum absolute atomic E-state index is 14.4. The number of hydrogen-bond acceptors (Lipinski definition) is 3. The van der Waals surface area contributed by atoms with Crippen molar-refractivity contribution in [2.45, 2.75) is 24.6 Å². The van der Waals surface area contributed by atoms with Gasteiger partial charge in [-0.05, 0) is 54.7 Å². The van der Waals surface area contributed by atoms with Gasteiger partial charge in [0.2, 0.25) is 5.91 Å². The smallest absolute Gasteiger partial charge is 0.251 e. The van der Waals surface area contributed by atoms with E-state index in [1.807, 2.05) is 30.3 Å². The fourth-order valence-corrected chi connectivity index (χ4v) is 4.97. The monoisotopic (exact) mass is 448 g/mol. The minimum absolute atomic E-state index is 0.140. The van der Waals surface area contributed by atoms with Crippen molar-refractivity contribution in [1.29, 1.82) is 0 Å². The molecule has 1 atom stereocenters. The normalized spacial score (nSPS) is 15.7. The highest BCUT2D eigenvalue weighted by atomic mass is 32.2. The maximum Gasteiger partial charge on any atom is 0.251 e. The molecule has 4 nitrogen and oxygen atoms in total. The second-order valence-corrected chi connectivity index (χ2v) is 8.77. The molecule has 0 bridgehead atoms. The third kappa shape index (κ3) is 5.19. The topological polar surface area (TPSA) is 49.4 Å². The van der Waals surface area contributed by atoms with E-state index in [-0.39, 0.29) is 28.6 Å². The summed E-state index contributed by atoms with van der Waals surface area (Å²) in [5.74, 6) is -0.439.